The Hall–Kier alpha value is -9.76. The van der Waals surface area contributed by atoms with Crippen LogP contribution in [0.3, 0.4) is 0 Å². The lowest BCUT2D eigenvalue weighted by molar-refractivity contribution is -0.671. The highest BCUT2D eigenvalue weighted by Crippen LogP contribution is 2.55. The molecule has 0 fully saturated rings. The molecule has 6 amide bonds. The molecule has 0 bridgehead atoms. The Morgan fingerprint density at radius 1 is 0.406 bits per heavy atom. The molecule has 56 heteroatoms. The highest BCUT2D eigenvalue weighted by Gasteiger charge is 2.37. The van der Waals surface area contributed by atoms with Crippen molar-refractivity contribution in [1.82, 2.24) is 31.2 Å². The number of aliphatic hydroxyl groups excluding tert-OH is 2. The fourth-order valence-corrected chi connectivity index (χ4v) is 25.4. The van der Waals surface area contributed by atoms with Crippen LogP contribution in [0.2, 0.25) is 0 Å². The number of carboxylic acids is 1. The molecule has 0 radical (unpaired) electrons. The van der Waals surface area contributed by atoms with Crippen molar-refractivity contribution in [2.75, 3.05) is 89.9 Å². The average Bonchev–Trinajstić information content (AvgIpc) is 0.856. The summed E-state index contributed by atoms with van der Waals surface area (Å²) >= 11 is 0. The molecule has 0 aliphatic carbocycles. The van der Waals surface area contributed by atoms with Gasteiger partial charge in [-0.25, -0.2) is 9.55 Å². The molecule has 138 heavy (non-hydrogen) atoms. The highest BCUT2D eigenvalue weighted by atomic mass is 32.2. The minimum Gasteiger partial charge on any atom is -0.481 e. The smallest absolute Gasteiger partial charge is 0.368 e. The molecule has 47 nitrogen and oxygen atoms in total. The molecule has 8 rings (SSSR count). The topological polar surface area (TPSA) is 677 Å². The van der Waals surface area contributed by atoms with E-state index >= 15 is 0 Å². The summed E-state index contributed by atoms with van der Waals surface area (Å²) in [6.07, 6.45) is 3.10. The zero-order chi connectivity index (χ0) is 101. The molecule has 2 aromatic heterocycles. The van der Waals surface area contributed by atoms with Crippen LogP contribution in [-0.4, -0.2) is 228 Å². The number of carbonyl (C=O) groups is 7. The van der Waals surface area contributed by atoms with E-state index in [1.807, 2.05) is 0 Å². The Kier molecular flexibility index (Phi) is 44.7. The van der Waals surface area contributed by atoms with Gasteiger partial charge in [-0.2, -0.15) is 38.4 Å². The van der Waals surface area contributed by atoms with Gasteiger partial charge < -0.3 is 94.8 Å². The van der Waals surface area contributed by atoms with E-state index in [0.717, 1.165) is 66.2 Å². The molecule has 15 N–H and O–H groups in total. The van der Waals surface area contributed by atoms with E-state index in [0.29, 0.717) is 22.4 Å². The summed E-state index contributed by atoms with van der Waals surface area (Å²) in [6.45, 7) is -5.39. The first-order chi connectivity index (χ1) is 65.2. The SMILES string of the molecule is CC(=O)Nc1ccc(S(=O)(=O)N=P(O)(OCC(CO)NC(=O)CCc2ccccc2)OCC(COP(O)(=NS(=O)(=O)c2ccc(C)cc2)OCCCOP(O)(=Nc2cc[n+](C)cc2)OCC(COP(O)(=NS(=O)(=O)c2ccc(NC(C)=O)cc2)OCC(COP(O)(=NS(=O)(=O)c2ccc(C)cc2)OCCCO)NC(=O)CCC(=O)O)NC(=O)CCc2ccccc2)NC(=O)CCc2cnc[nH]2)cc1. The number of aromatic amines is 1. The van der Waals surface area contributed by atoms with E-state index < -0.39 is 262 Å². The lowest BCUT2D eigenvalue weighted by Crippen LogP contribution is -2.42. The second-order valence-electron chi connectivity index (χ2n) is 30.2. The van der Waals surface area contributed by atoms with Crippen molar-refractivity contribution in [2.45, 2.75) is 136 Å². The van der Waals surface area contributed by atoms with Crippen molar-refractivity contribution in [2.24, 2.45) is 28.4 Å². The van der Waals surface area contributed by atoms with Crippen LogP contribution < -0.4 is 36.5 Å². The van der Waals surface area contributed by atoms with Crippen LogP contribution in [0.25, 0.3) is 0 Å². The monoisotopic (exact) mass is 2100 g/mol. The Morgan fingerprint density at radius 2 is 0.725 bits per heavy atom. The van der Waals surface area contributed by atoms with Crippen molar-refractivity contribution in [3.05, 3.63) is 223 Å². The molecule has 0 saturated carbocycles. The molecular weight excluding hydrogens is 1990 g/mol. The molecule has 0 aliphatic rings. The van der Waals surface area contributed by atoms with E-state index in [1.54, 1.807) is 86.1 Å². The quantitative estimate of drug-likeness (QED) is 0.00968. The number of hydrogen-bond donors (Lipinski definition) is 15. The zero-order valence-corrected chi connectivity index (χ0v) is 82.9. The average molecular weight is 2100 g/mol. The van der Waals surface area contributed by atoms with Crippen molar-refractivity contribution in [1.29, 1.82) is 0 Å². The Balaban J connectivity index is 1.12. The molecule has 0 aliphatic heterocycles. The first-order valence-electron chi connectivity index (χ1n) is 42.0. The van der Waals surface area contributed by atoms with Crippen molar-refractivity contribution < 1.29 is 157 Å². The van der Waals surface area contributed by atoms with Crippen molar-refractivity contribution in [3.8, 4) is 0 Å². The molecular formula is C82H110N14O33P5S4+. The zero-order valence-electron chi connectivity index (χ0n) is 75.1. The molecule has 0 saturated heterocycles. The number of aryl methyl sites for hydroxylation is 6. The van der Waals surface area contributed by atoms with E-state index in [9.17, 15) is 107 Å². The van der Waals surface area contributed by atoms with Gasteiger partial charge in [0.05, 0.1) is 135 Å². The number of benzene rings is 6. The normalized spacial score (nSPS) is 14.9. The molecule has 0 spiro atoms. The number of aliphatic carboxylic acids is 1. The summed E-state index contributed by atoms with van der Waals surface area (Å²) in [7, 11) is -44.8. The number of sulfonamides is 4. The molecule has 8 aromatic rings. The van der Waals surface area contributed by atoms with Gasteiger partial charge >= 0.3 is 44.6 Å². The number of carboxylic acid groups (broad SMARTS) is 1. The Bertz CT molecular complexity index is 6200. The lowest BCUT2D eigenvalue weighted by Gasteiger charge is -2.27. The van der Waals surface area contributed by atoms with E-state index in [2.05, 4.69) is 63.2 Å². The summed E-state index contributed by atoms with van der Waals surface area (Å²) in [4.78, 5) is 157. The molecule has 9 atom stereocenters. The van der Waals surface area contributed by atoms with Crippen molar-refractivity contribution >= 4 is 137 Å². The highest BCUT2D eigenvalue weighted by molar-refractivity contribution is 7.94. The number of aliphatic hydroxyl groups is 2. The first kappa shape index (κ1) is 114. The van der Waals surface area contributed by atoms with Crippen LogP contribution in [0.15, 0.2) is 236 Å². The number of imidazole rings is 1. The number of carbonyl (C=O) groups excluding carboxylic acids is 6. The maximum absolute atomic E-state index is 14.5. The van der Waals surface area contributed by atoms with Gasteiger partial charge in [-0.05, 0) is 130 Å². The number of aromatic nitrogens is 3. The van der Waals surface area contributed by atoms with Gasteiger partial charge in [0.2, 0.25) is 35.4 Å². The largest absolute Gasteiger partial charge is 0.481 e. The maximum Gasteiger partial charge on any atom is 0.368 e. The standard InChI is InChI=1S/C82H109N14O33P5S4/c1-60-18-29-74(30-19-60)135(112,113)92-131(108,121-47-12-46-97)125-55-73(90-81(104)40-41-82(105)106)58-129-134(111,95-138(118,119)77-35-26-67(27-36-77)86-63(4)100)128-56-71(88-79(102)38-23-65-16-10-7-11-17-65)53-123-130(107,91-68-42-44-96(5)45-43-68)120-48-13-49-122-132(109,93-136(114,115)75-31-20-61(2)21-32-75)126-54-72(89-80(103)39-28-69-50-83-59-84-69)57-127-133(110,94-137(116,117)76-33-24-66(25-34-76)85-62(3)99)124-52-70(51-98)87-78(101)37-22-64-14-8-6-9-15-64/h6-11,14-21,24-27,29-36,42-45,50,59,70-73,97-98H,12-13,22-23,28,37-41,46-49,51-58H2,1-5H3,(H12-,83,84,85,86,87,88,89,90,99,100,101,102,103,104,105,106,107,108,109,110,111)/p+1. The van der Waals surface area contributed by atoms with Gasteiger partial charge in [0.1, 0.15) is 7.05 Å². The van der Waals surface area contributed by atoms with Crippen LogP contribution in [-0.2, 0) is 145 Å². The second kappa shape index (κ2) is 54.3. The van der Waals surface area contributed by atoms with Crippen LogP contribution in [0.1, 0.15) is 86.7 Å². The van der Waals surface area contributed by atoms with Crippen LogP contribution >= 0.6 is 38.7 Å². The summed E-state index contributed by atoms with van der Waals surface area (Å²) in [5.41, 5.74) is 3.37. The first-order valence-corrected chi connectivity index (χ1v) is 55.4. The van der Waals surface area contributed by atoms with Crippen molar-refractivity contribution in [3.63, 3.8) is 0 Å². The van der Waals surface area contributed by atoms with E-state index in [-0.39, 0.29) is 62.0 Å². The summed E-state index contributed by atoms with van der Waals surface area (Å²) in [5, 5.41) is 44.6. The second-order valence-corrected chi connectivity index (χ2v) is 46.2. The fourth-order valence-electron chi connectivity index (χ4n) is 11.5. The number of hydrogen-bond acceptors (Lipinski definition) is 29. The van der Waals surface area contributed by atoms with Gasteiger partial charge in [0.15, 0.2) is 12.4 Å². The number of rotatable bonds is 59. The van der Waals surface area contributed by atoms with Crippen LogP contribution in [0, 0.1) is 13.8 Å². The number of nitrogens with one attached hydrogen (secondary N) is 7. The van der Waals surface area contributed by atoms with Gasteiger partial charge in [-0.1, -0.05) is 113 Å². The molecule has 2 heterocycles. The predicted molar refractivity (Wildman–Crippen MR) is 502 cm³/mol. The van der Waals surface area contributed by atoms with E-state index in [1.165, 1.54) is 87.3 Å². The van der Waals surface area contributed by atoms with Gasteiger partial charge in [0.25, 0.3) is 40.1 Å². The summed E-state index contributed by atoms with van der Waals surface area (Å²) in [6, 6.07) is 32.5. The third kappa shape index (κ3) is 40.8. The fraction of sp³-hybridized carbons (Fsp3) is 0.378. The van der Waals surface area contributed by atoms with Gasteiger partial charge in [0, 0.05) is 81.5 Å². The number of anilines is 2. The van der Waals surface area contributed by atoms with Gasteiger partial charge in [-0.3, -0.25) is 60.7 Å². The molecule has 6 aromatic carbocycles. The predicted octanol–water partition coefficient (Wildman–Crippen LogP) is 8.28. The van der Waals surface area contributed by atoms with E-state index in [4.69, 9.17) is 45.2 Å². The van der Waals surface area contributed by atoms with Crippen LogP contribution in [0.5, 0.6) is 0 Å². The minimum absolute atomic E-state index is 0.00848. The molecule has 754 valence electrons. The minimum atomic E-state index is -5.58. The van der Waals surface area contributed by atoms with Crippen LogP contribution in [0.4, 0.5) is 17.1 Å². The summed E-state index contributed by atoms with van der Waals surface area (Å²) in [5.74, 6) is -5.80. The number of H-pyrrole nitrogens is 1. The Morgan fingerprint density at radius 3 is 1.07 bits per heavy atom. The molecule has 9 unspecified atom stereocenters. The number of nitrogens with zero attached hydrogens (tertiary/aromatic N) is 7. The maximum atomic E-state index is 14.5. The third-order valence-electron chi connectivity index (χ3n) is 18.5. The third-order valence-corrected chi connectivity index (χ3v) is 34.1. The number of amides is 6. The van der Waals surface area contributed by atoms with Gasteiger partial charge in [-0.15, -0.1) is 0 Å². The Labute approximate surface area is 797 Å². The summed E-state index contributed by atoms with van der Waals surface area (Å²) < 4.78 is 192. The lowest BCUT2D eigenvalue weighted by atomic mass is 10.1. The number of pyridine rings is 1.